The summed E-state index contributed by atoms with van der Waals surface area (Å²) in [4.78, 5) is 4.90. The minimum atomic E-state index is -0.586. The van der Waals surface area contributed by atoms with Crippen molar-refractivity contribution in [1.29, 1.82) is 0 Å². The van der Waals surface area contributed by atoms with E-state index in [1.807, 2.05) is 95.5 Å². The van der Waals surface area contributed by atoms with Crippen LogP contribution in [0.1, 0.15) is 40.0 Å². The van der Waals surface area contributed by atoms with E-state index in [1.165, 1.54) is 0 Å². The van der Waals surface area contributed by atoms with Crippen LogP contribution in [0, 0.1) is 18.5 Å². The summed E-state index contributed by atoms with van der Waals surface area (Å²) in [5.41, 5.74) is 6.88. The summed E-state index contributed by atoms with van der Waals surface area (Å²) in [5, 5.41) is 7.55. The van der Waals surface area contributed by atoms with Crippen molar-refractivity contribution in [2.24, 2.45) is 0 Å². The molecule has 15 rings (SSSR count). The predicted octanol–water partition coefficient (Wildman–Crippen LogP) is 17.1. The molecule has 370 valence electrons. The van der Waals surface area contributed by atoms with Crippen molar-refractivity contribution in [1.82, 2.24) is 18.4 Å². The Morgan fingerprint density at radius 3 is 1.73 bits per heavy atom. The van der Waals surface area contributed by atoms with Gasteiger partial charge in [0.25, 0.3) is 6.33 Å². The molecule has 0 aliphatic carbocycles. The average molecular weight is 1180 g/mol. The summed E-state index contributed by atoms with van der Waals surface area (Å²) in [6, 6.07) is 55.6. The monoisotopic (exact) mass is 1180 g/mol. The van der Waals surface area contributed by atoms with Crippen molar-refractivity contribution in [3.8, 4) is 45.3 Å². The number of pyridine rings is 1. The standard InChI is InChI=1S/C70H47N5O.Pt/c1-70(2,3)47-39-40-71-66(41-47)74-60-32-14-12-25-54(60)56-37-35-48(42-64(56)74)76-49-36-38-62-65(43-49)73-44-72(67-50(45-19-6-4-7-20-45)27-16-28-51(67)46-21-8-5-9-22-46)63-34-18-31-58(69(63)73)53-24-11-10-23-52(53)57-29-17-30-59-55-26-13-15-33-61(55)75(62)68(57)59;/h4-41H,1-3H3;/q-2;/i4D,5D,6D,7D,8D,9D,19D,20D,21D,22D;. The van der Waals surface area contributed by atoms with Gasteiger partial charge in [-0.05, 0) is 84.6 Å². The number of nitrogens with zero attached hydrogens (tertiary/aromatic N) is 5. The Hall–Kier alpha value is -9.09. The van der Waals surface area contributed by atoms with Crippen LogP contribution in [0.3, 0.4) is 0 Å². The molecule has 7 heteroatoms. The molecule has 5 heterocycles. The van der Waals surface area contributed by atoms with Crippen LogP contribution >= 0.6 is 0 Å². The molecule has 15 aromatic rings. The van der Waals surface area contributed by atoms with Crippen molar-refractivity contribution in [3.05, 3.63) is 254 Å². The van der Waals surface area contributed by atoms with E-state index in [0.717, 1.165) is 76.5 Å². The summed E-state index contributed by atoms with van der Waals surface area (Å²) in [6.45, 7) is 6.53. The maximum absolute atomic E-state index is 9.38. The van der Waals surface area contributed by atoms with Crippen molar-refractivity contribution in [3.63, 3.8) is 0 Å². The largest absolute Gasteiger partial charge is 0.510 e. The van der Waals surface area contributed by atoms with Crippen LogP contribution in [0.5, 0.6) is 11.5 Å². The fraction of sp³-hybridized carbons (Fsp3) is 0.0571. The van der Waals surface area contributed by atoms with Crippen LogP contribution < -0.4 is 9.30 Å². The molecule has 0 amide bonds. The van der Waals surface area contributed by atoms with Crippen LogP contribution in [0.4, 0.5) is 0 Å². The minimum Gasteiger partial charge on any atom is -0.510 e. The van der Waals surface area contributed by atoms with Crippen LogP contribution in [-0.4, -0.2) is 18.4 Å². The zero-order valence-corrected chi connectivity index (χ0v) is 43.9. The van der Waals surface area contributed by atoms with E-state index in [-0.39, 0.29) is 54.4 Å². The van der Waals surface area contributed by atoms with Gasteiger partial charge in [0.1, 0.15) is 5.82 Å². The third-order valence-corrected chi connectivity index (χ3v) is 14.6. The topological polar surface area (TPSA) is 39.8 Å². The van der Waals surface area contributed by atoms with E-state index >= 15 is 0 Å². The maximum Gasteiger partial charge on any atom is 0.268 e. The predicted molar refractivity (Wildman–Crippen MR) is 311 cm³/mol. The summed E-state index contributed by atoms with van der Waals surface area (Å²) in [5.74, 6) is 1.48. The van der Waals surface area contributed by atoms with Gasteiger partial charge >= 0.3 is 0 Å². The van der Waals surface area contributed by atoms with Crippen molar-refractivity contribution < 1.29 is 44.1 Å². The number of hydrogen-bond donors (Lipinski definition) is 0. The second-order valence-corrected chi connectivity index (χ2v) is 20.0. The van der Waals surface area contributed by atoms with Gasteiger partial charge in [-0.15, -0.1) is 35.7 Å². The van der Waals surface area contributed by atoms with E-state index in [4.69, 9.17) is 17.9 Å². The molecule has 6 nitrogen and oxygen atoms in total. The van der Waals surface area contributed by atoms with E-state index in [2.05, 4.69) is 109 Å². The molecule has 77 heavy (non-hydrogen) atoms. The summed E-state index contributed by atoms with van der Waals surface area (Å²) >= 11 is 0. The normalized spacial score (nSPS) is 13.8. The molecule has 0 atom stereocenters. The molecule has 0 saturated carbocycles. The Labute approximate surface area is 473 Å². The first kappa shape index (κ1) is 36.8. The summed E-state index contributed by atoms with van der Waals surface area (Å²) < 4.78 is 105. The summed E-state index contributed by atoms with van der Waals surface area (Å²) in [7, 11) is 0. The van der Waals surface area contributed by atoms with Crippen LogP contribution in [-0.2, 0) is 26.5 Å². The van der Waals surface area contributed by atoms with Gasteiger partial charge in [0.05, 0.1) is 35.9 Å². The van der Waals surface area contributed by atoms with E-state index in [1.54, 1.807) is 22.8 Å². The zero-order chi connectivity index (χ0) is 59.4. The number of hydrogen-bond acceptors (Lipinski definition) is 2. The number of imidazole rings is 1. The Bertz CT molecular complexity index is 5390. The molecular weight excluding hydrogens is 1120 g/mol. The van der Waals surface area contributed by atoms with Gasteiger partial charge in [0, 0.05) is 66.0 Å². The minimum absolute atomic E-state index is 0. The molecule has 0 bridgehead atoms. The van der Waals surface area contributed by atoms with Gasteiger partial charge in [0.15, 0.2) is 0 Å². The Kier molecular flexibility index (Phi) is 8.62. The second-order valence-electron chi connectivity index (χ2n) is 20.0. The second kappa shape index (κ2) is 18.0. The molecule has 0 spiro atoms. The molecule has 10 aromatic carbocycles. The number of ether oxygens (including phenoxy) is 1. The molecule has 5 aromatic heterocycles. The first-order valence-electron chi connectivity index (χ1n) is 30.1. The van der Waals surface area contributed by atoms with E-state index in [0.29, 0.717) is 33.6 Å². The Balaban J connectivity index is 0.00000667. The quantitative estimate of drug-likeness (QED) is 0.123. The fourth-order valence-electron chi connectivity index (χ4n) is 11.3. The third kappa shape index (κ3) is 7.34. The third-order valence-electron chi connectivity index (χ3n) is 14.6. The number of benzene rings is 10. The fourth-order valence-corrected chi connectivity index (χ4v) is 11.3. The molecule has 0 aliphatic rings. The Morgan fingerprint density at radius 1 is 0.506 bits per heavy atom. The van der Waals surface area contributed by atoms with E-state index < -0.39 is 60.4 Å². The van der Waals surface area contributed by atoms with Gasteiger partial charge in [-0.3, -0.25) is 4.57 Å². The number of fused-ring (bicyclic) bond motifs is 12. The summed E-state index contributed by atoms with van der Waals surface area (Å²) in [6.07, 6.45) is 5.55. The van der Waals surface area contributed by atoms with E-state index in [9.17, 15) is 5.48 Å². The molecule has 0 saturated heterocycles. The van der Waals surface area contributed by atoms with Gasteiger partial charge in [-0.25, -0.2) is 4.98 Å². The van der Waals surface area contributed by atoms with Crippen LogP contribution in [0.25, 0.3) is 121 Å². The van der Waals surface area contributed by atoms with Gasteiger partial charge < -0.3 is 18.1 Å². The van der Waals surface area contributed by atoms with Gasteiger partial charge in [-0.2, -0.15) is 6.07 Å². The SMILES string of the molecule is [2H]c1c([2H])c([2H])c(-c2cccc(-c3c([2H])c([2H])c([2H])c([2H])c3[2H])c2-[n+]2[c-]n3c4[c-]c(Oc5[c-]c6c(cc5)c5ccccc5n6-c5cc(C(C)(C)C)ccn5)ccc4n4c5ccccc5c5cccc(c6ccccc6c6cccc2c63)c54)c([2H])c1[2H].[Pt]. The first-order valence-corrected chi connectivity index (χ1v) is 25.1. The molecule has 0 radical (unpaired) electrons. The number of para-hydroxylation sites is 5. The zero-order valence-electron chi connectivity index (χ0n) is 51.6. The van der Waals surface area contributed by atoms with Crippen molar-refractivity contribution in [2.75, 3.05) is 0 Å². The van der Waals surface area contributed by atoms with Crippen molar-refractivity contribution in [2.45, 2.75) is 26.2 Å². The smallest absolute Gasteiger partial charge is 0.268 e. The van der Waals surface area contributed by atoms with Gasteiger partial charge in [0.2, 0.25) is 0 Å². The van der Waals surface area contributed by atoms with Gasteiger partial charge in [-0.1, -0.05) is 207 Å². The molecule has 0 N–H and O–H groups in total. The molecule has 0 aliphatic heterocycles. The maximum atomic E-state index is 9.38. The first-order chi connectivity index (χ1) is 41.5. The van der Waals surface area contributed by atoms with Crippen LogP contribution in [0.2, 0.25) is 0 Å². The van der Waals surface area contributed by atoms with Crippen molar-refractivity contribution >= 4 is 87.2 Å². The number of rotatable bonds is 6. The molecular formula is C70H47N5OPt-2. The molecule has 0 fully saturated rings. The molecule has 0 unspecified atom stereocenters. The Morgan fingerprint density at radius 2 is 1.05 bits per heavy atom. The van der Waals surface area contributed by atoms with Crippen LogP contribution in [0.15, 0.2) is 230 Å². The average Bonchev–Trinajstić information content (AvgIpc) is 1.74. The number of aromatic nitrogens is 5.